The highest BCUT2D eigenvalue weighted by atomic mass is 35.5. The van der Waals surface area contributed by atoms with Crippen LogP contribution in [0.15, 0.2) is 29.2 Å². The molecule has 32 heavy (non-hydrogen) atoms. The summed E-state index contributed by atoms with van der Waals surface area (Å²) in [6.07, 6.45) is 1.91. The molecule has 174 valence electrons. The van der Waals surface area contributed by atoms with Gasteiger partial charge in [0, 0.05) is 19.2 Å². The minimum Gasteiger partial charge on any atom is -0.495 e. The number of carbonyl (C=O) groups excluding carboxylic acids is 1. The van der Waals surface area contributed by atoms with Gasteiger partial charge >= 0.3 is 0 Å². The predicted molar refractivity (Wildman–Crippen MR) is 126 cm³/mol. The highest BCUT2D eigenvalue weighted by Crippen LogP contribution is 2.38. The molecule has 1 amide bonds. The number of amides is 1. The Labute approximate surface area is 202 Å². The average molecular weight is 522 g/mol. The van der Waals surface area contributed by atoms with Crippen molar-refractivity contribution in [1.82, 2.24) is 4.90 Å². The van der Waals surface area contributed by atoms with E-state index in [0.29, 0.717) is 24.8 Å². The predicted octanol–water partition coefficient (Wildman–Crippen LogP) is 5.34. The number of likely N-dealkylation sites (tertiary alicyclic amines) is 1. The molecule has 1 unspecified atom stereocenters. The Kier molecular flexibility index (Phi) is 7.70. The lowest BCUT2D eigenvalue weighted by Gasteiger charge is -2.31. The van der Waals surface area contributed by atoms with Gasteiger partial charge in [0.15, 0.2) is 0 Å². The zero-order valence-corrected chi connectivity index (χ0v) is 20.8. The van der Waals surface area contributed by atoms with Gasteiger partial charge in [-0.15, -0.1) is 0 Å². The molecule has 1 saturated heterocycles. The van der Waals surface area contributed by atoms with Crippen LogP contribution in [-0.2, 0) is 10.0 Å². The number of halogens is 3. The number of nitrogens with one attached hydrogen (secondary N) is 1. The number of rotatable bonds is 6. The zero-order valence-electron chi connectivity index (χ0n) is 17.7. The summed E-state index contributed by atoms with van der Waals surface area (Å²) >= 11 is 18.6. The molecular formula is C21H23Cl3N2O5S. The van der Waals surface area contributed by atoms with E-state index in [9.17, 15) is 13.2 Å². The van der Waals surface area contributed by atoms with Gasteiger partial charge in [-0.05, 0) is 37.0 Å². The summed E-state index contributed by atoms with van der Waals surface area (Å²) in [4.78, 5) is 14.5. The third kappa shape index (κ3) is 5.20. The number of ether oxygens (including phenoxy) is 2. The van der Waals surface area contributed by atoms with Crippen molar-refractivity contribution in [3.63, 3.8) is 0 Å². The first kappa shape index (κ1) is 24.8. The van der Waals surface area contributed by atoms with Gasteiger partial charge in [-0.2, -0.15) is 0 Å². The van der Waals surface area contributed by atoms with Gasteiger partial charge in [0.25, 0.3) is 15.9 Å². The molecule has 1 fully saturated rings. The summed E-state index contributed by atoms with van der Waals surface area (Å²) in [7, 11) is -1.41. The summed E-state index contributed by atoms with van der Waals surface area (Å²) < 4.78 is 39.1. The fraction of sp³-hybridized carbons (Fsp3) is 0.381. The Hall–Kier alpha value is -1.87. The molecule has 1 atom stereocenters. The van der Waals surface area contributed by atoms with Crippen molar-refractivity contribution in [2.45, 2.75) is 24.7 Å². The van der Waals surface area contributed by atoms with Crippen LogP contribution >= 0.6 is 34.8 Å². The van der Waals surface area contributed by atoms with E-state index < -0.39 is 10.0 Å². The monoisotopic (exact) mass is 520 g/mol. The number of benzene rings is 2. The third-order valence-electron chi connectivity index (χ3n) is 5.20. The number of hydrogen-bond donors (Lipinski definition) is 1. The fourth-order valence-electron chi connectivity index (χ4n) is 3.58. The van der Waals surface area contributed by atoms with Gasteiger partial charge < -0.3 is 14.4 Å². The minimum absolute atomic E-state index is 0.0743. The lowest BCUT2D eigenvalue weighted by molar-refractivity contribution is 0.0683. The number of sulfonamides is 1. The standard InChI is InChI=1S/C21H23Cl3N2O5S/c1-12-5-4-6-26(11-12)21(27)13-7-20(16(24)8-14(13)22)32(28,29)25-17-9-15(23)18(30-2)10-19(17)31-3/h7-10,12,25H,4-6,11H2,1-3H3. The molecule has 0 spiro atoms. The second kappa shape index (κ2) is 9.95. The summed E-state index contributed by atoms with van der Waals surface area (Å²) in [5.41, 5.74) is 0.160. The number of hydrogen-bond acceptors (Lipinski definition) is 5. The Morgan fingerprint density at radius 3 is 2.34 bits per heavy atom. The van der Waals surface area contributed by atoms with Crippen molar-refractivity contribution in [3.05, 3.63) is 44.9 Å². The van der Waals surface area contributed by atoms with Gasteiger partial charge in [0.05, 0.1) is 40.5 Å². The number of methoxy groups -OCH3 is 2. The topological polar surface area (TPSA) is 84.9 Å². The first-order valence-corrected chi connectivity index (χ1v) is 12.4. The van der Waals surface area contributed by atoms with E-state index in [4.69, 9.17) is 44.3 Å². The first-order valence-electron chi connectivity index (χ1n) is 9.80. The van der Waals surface area contributed by atoms with Crippen molar-refractivity contribution < 1.29 is 22.7 Å². The zero-order chi connectivity index (χ0) is 23.6. The van der Waals surface area contributed by atoms with Crippen molar-refractivity contribution in [1.29, 1.82) is 0 Å². The summed E-state index contributed by atoms with van der Waals surface area (Å²) in [6, 6.07) is 5.28. The SMILES string of the molecule is COc1cc(OC)c(NS(=O)(=O)c2cc(C(=O)N3CCCC(C)C3)c(Cl)cc2Cl)cc1Cl. The Bertz CT molecular complexity index is 1140. The molecule has 0 radical (unpaired) electrons. The Morgan fingerprint density at radius 1 is 1.03 bits per heavy atom. The molecule has 3 rings (SSSR count). The summed E-state index contributed by atoms with van der Waals surface area (Å²) in [5, 5.41) is 0.148. The van der Waals surface area contributed by atoms with Crippen molar-refractivity contribution in [3.8, 4) is 11.5 Å². The highest BCUT2D eigenvalue weighted by molar-refractivity contribution is 7.92. The molecule has 2 aromatic carbocycles. The largest absolute Gasteiger partial charge is 0.495 e. The van der Waals surface area contributed by atoms with Crippen LogP contribution in [0.1, 0.15) is 30.1 Å². The van der Waals surface area contributed by atoms with E-state index in [1.807, 2.05) is 0 Å². The number of piperidine rings is 1. The van der Waals surface area contributed by atoms with Crippen molar-refractivity contribution >= 4 is 56.4 Å². The van der Waals surface area contributed by atoms with Gasteiger partial charge in [0.2, 0.25) is 0 Å². The van der Waals surface area contributed by atoms with E-state index in [-0.39, 0.29) is 42.9 Å². The van der Waals surface area contributed by atoms with Gasteiger partial charge in [-0.1, -0.05) is 41.7 Å². The molecule has 0 saturated carbocycles. The normalized spacial score (nSPS) is 16.6. The first-order chi connectivity index (χ1) is 15.1. The van der Waals surface area contributed by atoms with Crippen LogP contribution < -0.4 is 14.2 Å². The lowest BCUT2D eigenvalue weighted by atomic mass is 9.99. The molecule has 0 aliphatic carbocycles. The van der Waals surface area contributed by atoms with Gasteiger partial charge in [-0.25, -0.2) is 8.42 Å². The van der Waals surface area contributed by atoms with Crippen LogP contribution in [0, 0.1) is 5.92 Å². The second-order valence-electron chi connectivity index (χ2n) is 7.55. The van der Waals surface area contributed by atoms with E-state index in [2.05, 4.69) is 11.6 Å². The fourth-order valence-corrected chi connectivity index (χ4v) is 5.74. The number of anilines is 1. The molecule has 1 heterocycles. The Balaban J connectivity index is 1.99. The van der Waals surface area contributed by atoms with E-state index in [1.54, 1.807) is 4.90 Å². The second-order valence-corrected chi connectivity index (χ2v) is 10.4. The van der Waals surface area contributed by atoms with E-state index in [1.165, 1.54) is 38.5 Å². The lowest BCUT2D eigenvalue weighted by Crippen LogP contribution is -2.39. The minimum atomic E-state index is -4.22. The van der Waals surface area contributed by atoms with Crippen LogP contribution in [-0.4, -0.2) is 46.5 Å². The Morgan fingerprint density at radius 2 is 1.72 bits per heavy atom. The van der Waals surface area contributed by atoms with Gasteiger partial charge in [-0.3, -0.25) is 9.52 Å². The third-order valence-corrected chi connectivity index (χ3v) is 7.64. The molecule has 1 N–H and O–H groups in total. The summed E-state index contributed by atoms with van der Waals surface area (Å²) in [6.45, 7) is 3.24. The molecule has 1 aliphatic heterocycles. The maximum atomic E-state index is 13.2. The quantitative estimate of drug-likeness (QED) is 0.555. The number of carbonyl (C=O) groups is 1. The molecule has 7 nitrogen and oxygen atoms in total. The van der Waals surface area contributed by atoms with Crippen molar-refractivity contribution in [2.75, 3.05) is 32.0 Å². The maximum absolute atomic E-state index is 13.2. The molecule has 0 bridgehead atoms. The van der Waals surface area contributed by atoms with Crippen LogP contribution in [0.25, 0.3) is 0 Å². The van der Waals surface area contributed by atoms with Crippen molar-refractivity contribution in [2.24, 2.45) is 5.92 Å². The molecule has 11 heteroatoms. The average Bonchev–Trinajstić information content (AvgIpc) is 2.73. The smallest absolute Gasteiger partial charge is 0.263 e. The number of nitrogens with zero attached hydrogens (tertiary/aromatic N) is 1. The summed E-state index contributed by atoms with van der Waals surface area (Å²) in [5.74, 6) is 0.536. The van der Waals surface area contributed by atoms with Crippen LogP contribution in [0.4, 0.5) is 5.69 Å². The van der Waals surface area contributed by atoms with Crippen LogP contribution in [0.5, 0.6) is 11.5 Å². The van der Waals surface area contributed by atoms with E-state index >= 15 is 0 Å². The van der Waals surface area contributed by atoms with Crippen LogP contribution in [0.2, 0.25) is 15.1 Å². The molecular weight excluding hydrogens is 499 g/mol. The molecule has 0 aromatic heterocycles. The maximum Gasteiger partial charge on any atom is 0.263 e. The highest BCUT2D eigenvalue weighted by Gasteiger charge is 2.28. The van der Waals surface area contributed by atoms with Gasteiger partial charge in [0.1, 0.15) is 16.4 Å². The molecule has 2 aromatic rings. The van der Waals surface area contributed by atoms with E-state index in [0.717, 1.165) is 12.8 Å². The van der Waals surface area contributed by atoms with Crippen LogP contribution in [0.3, 0.4) is 0 Å². The molecule has 1 aliphatic rings.